The predicted octanol–water partition coefficient (Wildman–Crippen LogP) is 3.52. The largest absolute Gasteiger partial charge is 0.416 e. The van der Waals surface area contributed by atoms with Crippen LogP contribution in [0.5, 0.6) is 0 Å². The fourth-order valence-corrected chi connectivity index (χ4v) is 4.74. The van der Waals surface area contributed by atoms with Crippen molar-refractivity contribution in [2.45, 2.75) is 25.1 Å². The third kappa shape index (κ3) is 3.39. The smallest absolute Gasteiger partial charge is 0.342 e. The molecule has 2 aliphatic rings. The average Bonchev–Trinajstić information content (AvgIpc) is 3.26. The Morgan fingerprint density at radius 2 is 1.96 bits per heavy atom. The van der Waals surface area contributed by atoms with Crippen LogP contribution in [-0.4, -0.2) is 52.8 Å². The van der Waals surface area contributed by atoms with Crippen molar-refractivity contribution in [1.29, 1.82) is 0 Å². The maximum atomic E-state index is 12.8. The Morgan fingerprint density at radius 3 is 2.64 bits per heavy atom. The van der Waals surface area contributed by atoms with E-state index < -0.39 is 11.7 Å². The number of carbonyl (C=O) groups is 2. The van der Waals surface area contributed by atoms with Gasteiger partial charge in [0, 0.05) is 49.5 Å². The van der Waals surface area contributed by atoms with Crippen molar-refractivity contribution >= 4 is 23.2 Å². The highest BCUT2D eigenvalue weighted by atomic mass is 32.1. The zero-order chi connectivity index (χ0) is 20.1. The van der Waals surface area contributed by atoms with Crippen molar-refractivity contribution in [1.82, 2.24) is 14.8 Å². The molecule has 9 heteroatoms. The number of thiazole rings is 1. The molecular weight excluding hydrogens is 391 g/mol. The second-order valence-electron chi connectivity index (χ2n) is 7.19. The van der Waals surface area contributed by atoms with Crippen molar-refractivity contribution in [3.63, 3.8) is 0 Å². The summed E-state index contributed by atoms with van der Waals surface area (Å²) in [5.41, 5.74) is 0.109. The summed E-state index contributed by atoms with van der Waals surface area (Å²) in [6, 6.07) is 4.94. The molecule has 28 heavy (non-hydrogen) atoms. The molecule has 2 saturated heterocycles. The van der Waals surface area contributed by atoms with E-state index in [1.54, 1.807) is 22.2 Å². The highest BCUT2D eigenvalue weighted by Crippen LogP contribution is 2.33. The molecule has 0 radical (unpaired) electrons. The van der Waals surface area contributed by atoms with E-state index in [4.69, 9.17) is 0 Å². The topological polar surface area (TPSA) is 53.5 Å². The van der Waals surface area contributed by atoms with Crippen LogP contribution in [0.3, 0.4) is 0 Å². The summed E-state index contributed by atoms with van der Waals surface area (Å²) >= 11 is 1.23. The minimum Gasteiger partial charge on any atom is -0.342 e. The molecule has 2 aromatic rings. The number of aromatic nitrogens is 1. The number of likely N-dealkylation sites (tertiary alicyclic amines) is 2. The molecule has 5 nitrogen and oxygen atoms in total. The first-order valence-electron chi connectivity index (χ1n) is 8.92. The molecule has 2 aliphatic heterocycles. The first-order valence-corrected chi connectivity index (χ1v) is 9.80. The van der Waals surface area contributed by atoms with Crippen molar-refractivity contribution in [2.24, 2.45) is 5.92 Å². The van der Waals surface area contributed by atoms with Crippen molar-refractivity contribution in [2.75, 3.05) is 20.1 Å². The van der Waals surface area contributed by atoms with Gasteiger partial charge in [-0.25, -0.2) is 4.98 Å². The van der Waals surface area contributed by atoms with E-state index in [0.29, 0.717) is 30.1 Å². The quantitative estimate of drug-likeness (QED) is 0.763. The molecule has 4 rings (SSSR count). The van der Waals surface area contributed by atoms with E-state index >= 15 is 0 Å². The van der Waals surface area contributed by atoms with Gasteiger partial charge in [-0.3, -0.25) is 9.59 Å². The van der Waals surface area contributed by atoms with Crippen LogP contribution in [0.25, 0.3) is 10.6 Å². The van der Waals surface area contributed by atoms with Gasteiger partial charge >= 0.3 is 6.18 Å². The molecule has 148 valence electrons. The van der Waals surface area contributed by atoms with Gasteiger partial charge in [-0.2, -0.15) is 13.2 Å². The number of fused-ring (bicyclic) bond motifs is 1. The van der Waals surface area contributed by atoms with Crippen LogP contribution in [0.4, 0.5) is 13.2 Å². The lowest BCUT2D eigenvalue weighted by molar-refractivity contribution is -0.137. The lowest BCUT2D eigenvalue weighted by atomic mass is 9.93. The number of piperidine rings is 1. The molecule has 0 unspecified atom stereocenters. The predicted molar refractivity (Wildman–Crippen MR) is 97.7 cm³/mol. The van der Waals surface area contributed by atoms with Crippen LogP contribution in [-0.2, 0) is 11.0 Å². The van der Waals surface area contributed by atoms with E-state index in [0.717, 1.165) is 18.6 Å². The van der Waals surface area contributed by atoms with Crippen molar-refractivity contribution < 1.29 is 22.8 Å². The lowest BCUT2D eigenvalue weighted by Gasteiger charge is -2.36. The molecule has 0 spiro atoms. The van der Waals surface area contributed by atoms with Gasteiger partial charge in [-0.05, 0) is 18.6 Å². The van der Waals surface area contributed by atoms with Crippen LogP contribution >= 0.6 is 11.3 Å². The second-order valence-corrected chi connectivity index (χ2v) is 8.05. The maximum Gasteiger partial charge on any atom is 0.416 e. The zero-order valence-corrected chi connectivity index (χ0v) is 15.9. The Balaban J connectivity index is 1.47. The Kier molecular flexibility index (Phi) is 4.65. The van der Waals surface area contributed by atoms with Gasteiger partial charge in [-0.15, -0.1) is 11.3 Å². The minimum atomic E-state index is -4.38. The first-order chi connectivity index (χ1) is 13.2. The third-order valence-electron chi connectivity index (χ3n) is 5.49. The zero-order valence-electron chi connectivity index (χ0n) is 15.1. The number of hydrogen-bond acceptors (Lipinski definition) is 4. The van der Waals surface area contributed by atoms with E-state index in [9.17, 15) is 22.8 Å². The van der Waals surface area contributed by atoms with Crippen LogP contribution in [0.15, 0.2) is 29.6 Å². The number of rotatable bonds is 2. The molecule has 0 N–H and O–H groups in total. The third-order valence-corrected chi connectivity index (χ3v) is 6.38. The minimum absolute atomic E-state index is 0.113. The van der Waals surface area contributed by atoms with Crippen LogP contribution in [0.1, 0.15) is 28.9 Å². The van der Waals surface area contributed by atoms with Gasteiger partial charge in [0.05, 0.1) is 5.56 Å². The van der Waals surface area contributed by atoms with E-state index in [1.165, 1.54) is 23.5 Å². The molecule has 2 atom stereocenters. The fourth-order valence-electron chi connectivity index (χ4n) is 3.94. The normalized spacial score (nSPS) is 22.5. The van der Waals surface area contributed by atoms with Gasteiger partial charge in [0.15, 0.2) is 0 Å². The fraction of sp³-hybridized carbons (Fsp3) is 0.421. The van der Waals surface area contributed by atoms with Gasteiger partial charge in [-0.1, -0.05) is 12.1 Å². The lowest BCUT2D eigenvalue weighted by Crippen LogP contribution is -2.47. The summed E-state index contributed by atoms with van der Waals surface area (Å²) in [5, 5.41) is 2.13. The number of benzene rings is 1. The maximum absolute atomic E-state index is 12.8. The molecule has 0 saturated carbocycles. The molecule has 3 heterocycles. The number of hydrogen-bond donors (Lipinski definition) is 0. The highest BCUT2D eigenvalue weighted by molar-refractivity contribution is 7.13. The van der Waals surface area contributed by atoms with E-state index in [2.05, 4.69) is 4.98 Å². The van der Waals surface area contributed by atoms with Gasteiger partial charge < -0.3 is 9.80 Å². The first kappa shape index (κ1) is 18.9. The summed E-state index contributed by atoms with van der Waals surface area (Å²) < 4.78 is 38.1. The SMILES string of the molecule is CN1C(=O)C[C@@H]2CN(C(=O)c3csc(-c4ccc(C(F)(F)F)cc4)n3)CC[C@@H]21. The number of halogens is 3. The Morgan fingerprint density at radius 1 is 1.25 bits per heavy atom. The number of amides is 2. The molecule has 2 amide bonds. The molecule has 1 aromatic carbocycles. The van der Waals surface area contributed by atoms with Gasteiger partial charge in [0.1, 0.15) is 10.7 Å². The molecule has 0 bridgehead atoms. The standard InChI is InChI=1S/C19H18F3N3O2S/c1-24-15-6-7-25(9-12(15)8-16(24)26)18(27)14-10-28-17(23-14)11-2-4-13(5-3-11)19(20,21)22/h2-5,10,12,15H,6-9H2,1H3/t12-,15+/m1/s1. The molecule has 0 aliphatic carbocycles. The number of alkyl halides is 3. The van der Waals surface area contributed by atoms with Crippen LogP contribution in [0, 0.1) is 5.92 Å². The number of carbonyl (C=O) groups excluding carboxylic acids is 2. The average molecular weight is 409 g/mol. The molecule has 2 fully saturated rings. The summed E-state index contributed by atoms with van der Waals surface area (Å²) in [6.07, 6.45) is -3.18. The molecule has 1 aromatic heterocycles. The second kappa shape index (κ2) is 6.88. The Labute approximate surface area is 163 Å². The molecular formula is C19H18F3N3O2S. The van der Waals surface area contributed by atoms with Crippen LogP contribution < -0.4 is 0 Å². The van der Waals surface area contributed by atoms with E-state index in [1.807, 2.05) is 0 Å². The Hall–Kier alpha value is -2.42. The van der Waals surface area contributed by atoms with Crippen LogP contribution in [0.2, 0.25) is 0 Å². The number of nitrogens with zero attached hydrogens (tertiary/aromatic N) is 3. The van der Waals surface area contributed by atoms with Gasteiger partial charge in [0.25, 0.3) is 5.91 Å². The highest BCUT2D eigenvalue weighted by Gasteiger charge is 2.42. The monoisotopic (exact) mass is 409 g/mol. The summed E-state index contributed by atoms with van der Waals surface area (Å²) in [5.74, 6) is 0.0561. The van der Waals surface area contributed by atoms with Crippen molar-refractivity contribution in [3.05, 3.63) is 40.9 Å². The summed E-state index contributed by atoms with van der Waals surface area (Å²) in [6.45, 7) is 1.08. The summed E-state index contributed by atoms with van der Waals surface area (Å²) in [7, 11) is 1.81. The van der Waals surface area contributed by atoms with Crippen molar-refractivity contribution in [3.8, 4) is 10.6 Å². The Bertz CT molecular complexity index is 910. The summed E-state index contributed by atoms with van der Waals surface area (Å²) in [4.78, 5) is 32.5. The van der Waals surface area contributed by atoms with E-state index in [-0.39, 0.29) is 29.5 Å². The van der Waals surface area contributed by atoms with Gasteiger partial charge in [0.2, 0.25) is 5.91 Å².